The number of nitrogens with zero attached hydrogens (tertiary/aromatic N) is 1. The lowest BCUT2D eigenvalue weighted by Gasteiger charge is -2.29. The van der Waals surface area contributed by atoms with Crippen LogP contribution in [-0.4, -0.2) is 29.3 Å². The van der Waals surface area contributed by atoms with E-state index in [1.165, 1.54) is 0 Å². The van der Waals surface area contributed by atoms with E-state index in [1.54, 1.807) is 6.92 Å². The molecule has 1 aromatic carbocycles. The first-order chi connectivity index (χ1) is 10.1. The van der Waals surface area contributed by atoms with Crippen LogP contribution in [0.3, 0.4) is 0 Å². The molecule has 4 heteroatoms. The summed E-state index contributed by atoms with van der Waals surface area (Å²) in [5.74, 6) is 0.148. The predicted molar refractivity (Wildman–Crippen MR) is 84.5 cm³/mol. The summed E-state index contributed by atoms with van der Waals surface area (Å²) in [7, 11) is 0. The highest BCUT2D eigenvalue weighted by Crippen LogP contribution is 2.21. The van der Waals surface area contributed by atoms with Crippen LogP contribution in [0.2, 0.25) is 0 Å². The molecule has 1 atom stereocenters. The summed E-state index contributed by atoms with van der Waals surface area (Å²) >= 11 is 0. The Morgan fingerprint density at radius 3 is 2.57 bits per heavy atom. The number of Topliss-reactive ketones (excluding diaryl/α,β-unsaturated/α-hetero) is 1. The van der Waals surface area contributed by atoms with Gasteiger partial charge in [0.15, 0.2) is 0 Å². The molecule has 0 aliphatic carbocycles. The molecule has 0 saturated carbocycles. The third kappa shape index (κ3) is 4.59. The highest BCUT2D eigenvalue weighted by atomic mass is 16.2. The number of amides is 2. The van der Waals surface area contributed by atoms with Gasteiger partial charge >= 0.3 is 6.03 Å². The zero-order chi connectivity index (χ0) is 15.2. The smallest absolute Gasteiger partial charge is 0.321 e. The topological polar surface area (TPSA) is 49.4 Å². The van der Waals surface area contributed by atoms with Gasteiger partial charge in [0.05, 0.1) is 0 Å². The molecule has 0 aromatic heterocycles. The number of benzene rings is 1. The second kappa shape index (κ2) is 7.25. The predicted octanol–water partition coefficient (Wildman–Crippen LogP) is 3.75. The van der Waals surface area contributed by atoms with Crippen molar-refractivity contribution in [2.45, 2.75) is 52.0 Å². The fourth-order valence-electron chi connectivity index (χ4n) is 2.82. The summed E-state index contributed by atoms with van der Waals surface area (Å²) < 4.78 is 0. The second-order valence-corrected chi connectivity index (χ2v) is 5.90. The van der Waals surface area contributed by atoms with Crippen LogP contribution in [0.15, 0.2) is 24.3 Å². The number of hydrogen-bond acceptors (Lipinski definition) is 2. The van der Waals surface area contributed by atoms with Gasteiger partial charge < -0.3 is 10.2 Å². The number of carbonyl (C=O) groups is 2. The maximum atomic E-state index is 12.5. The van der Waals surface area contributed by atoms with Crippen LogP contribution in [0.4, 0.5) is 10.5 Å². The SMILES string of the molecule is CC(=O)CC1CCCCCN1C(=O)Nc1ccc(C)cc1. The van der Waals surface area contributed by atoms with E-state index in [4.69, 9.17) is 0 Å². The van der Waals surface area contributed by atoms with Crippen LogP contribution in [-0.2, 0) is 4.79 Å². The lowest BCUT2D eigenvalue weighted by molar-refractivity contribution is -0.117. The third-order valence-electron chi connectivity index (χ3n) is 3.96. The molecule has 1 aromatic rings. The van der Waals surface area contributed by atoms with Gasteiger partial charge in [-0.2, -0.15) is 0 Å². The van der Waals surface area contributed by atoms with Gasteiger partial charge in [0.2, 0.25) is 0 Å². The Hall–Kier alpha value is -1.84. The zero-order valence-corrected chi connectivity index (χ0v) is 12.9. The molecule has 0 bridgehead atoms. The molecule has 0 spiro atoms. The van der Waals surface area contributed by atoms with Crippen LogP contribution in [0.1, 0.15) is 44.6 Å². The number of carbonyl (C=O) groups excluding carboxylic acids is 2. The fraction of sp³-hybridized carbons (Fsp3) is 0.529. The van der Waals surface area contributed by atoms with Gasteiger partial charge in [-0.1, -0.05) is 30.5 Å². The Morgan fingerprint density at radius 2 is 1.90 bits per heavy atom. The Labute approximate surface area is 126 Å². The first-order valence-corrected chi connectivity index (χ1v) is 7.70. The van der Waals surface area contributed by atoms with Crippen LogP contribution < -0.4 is 5.32 Å². The zero-order valence-electron chi connectivity index (χ0n) is 12.9. The monoisotopic (exact) mass is 288 g/mol. The number of hydrogen-bond donors (Lipinski definition) is 1. The minimum absolute atomic E-state index is 0.0375. The van der Waals surface area contributed by atoms with E-state index >= 15 is 0 Å². The van der Waals surface area contributed by atoms with Crippen LogP contribution >= 0.6 is 0 Å². The van der Waals surface area contributed by atoms with Gasteiger partial charge in [-0.15, -0.1) is 0 Å². The normalized spacial score (nSPS) is 19.0. The van der Waals surface area contributed by atoms with E-state index < -0.39 is 0 Å². The summed E-state index contributed by atoms with van der Waals surface area (Å²) in [6.45, 7) is 4.35. The summed E-state index contributed by atoms with van der Waals surface area (Å²) in [4.78, 5) is 25.8. The van der Waals surface area contributed by atoms with Gasteiger partial charge in [-0.3, -0.25) is 4.79 Å². The lowest BCUT2D eigenvalue weighted by atomic mass is 10.0. The van der Waals surface area contributed by atoms with Crippen molar-refractivity contribution in [3.05, 3.63) is 29.8 Å². The standard InChI is InChI=1S/C17H24N2O2/c1-13-7-9-15(10-8-13)18-17(21)19-11-5-3-4-6-16(19)12-14(2)20/h7-10,16H,3-6,11-12H2,1-2H3,(H,18,21). The number of anilines is 1. The molecule has 1 heterocycles. The molecule has 114 valence electrons. The highest BCUT2D eigenvalue weighted by molar-refractivity contribution is 5.90. The number of rotatable bonds is 3. The van der Waals surface area contributed by atoms with Gasteiger partial charge in [0.25, 0.3) is 0 Å². The van der Waals surface area contributed by atoms with Crippen LogP contribution in [0.25, 0.3) is 0 Å². The van der Waals surface area contributed by atoms with Crippen molar-refractivity contribution in [3.8, 4) is 0 Å². The first-order valence-electron chi connectivity index (χ1n) is 7.70. The van der Waals surface area contributed by atoms with E-state index in [1.807, 2.05) is 36.1 Å². The van der Waals surface area contributed by atoms with E-state index in [2.05, 4.69) is 5.32 Å². The number of urea groups is 1. The van der Waals surface area contributed by atoms with E-state index in [0.717, 1.165) is 43.5 Å². The second-order valence-electron chi connectivity index (χ2n) is 5.90. The molecule has 1 aliphatic heterocycles. The summed E-state index contributed by atoms with van der Waals surface area (Å²) in [5.41, 5.74) is 1.97. The largest absolute Gasteiger partial charge is 0.322 e. The third-order valence-corrected chi connectivity index (χ3v) is 3.96. The molecule has 1 aliphatic rings. The Kier molecular flexibility index (Phi) is 5.37. The molecule has 1 N–H and O–H groups in total. The van der Waals surface area contributed by atoms with E-state index in [0.29, 0.717) is 6.42 Å². The van der Waals surface area contributed by atoms with Crippen molar-refractivity contribution in [1.29, 1.82) is 0 Å². The maximum absolute atomic E-state index is 12.5. The molecular weight excluding hydrogens is 264 g/mol. The fourth-order valence-corrected chi connectivity index (χ4v) is 2.82. The molecule has 1 unspecified atom stereocenters. The van der Waals surface area contributed by atoms with Gasteiger partial charge in [-0.05, 0) is 38.8 Å². The van der Waals surface area contributed by atoms with Crippen molar-refractivity contribution in [3.63, 3.8) is 0 Å². The Morgan fingerprint density at radius 1 is 1.19 bits per heavy atom. The average molecular weight is 288 g/mol. The molecule has 0 radical (unpaired) electrons. The number of aryl methyl sites for hydroxylation is 1. The molecule has 4 nitrogen and oxygen atoms in total. The highest BCUT2D eigenvalue weighted by Gasteiger charge is 2.26. The average Bonchev–Trinajstić information content (AvgIpc) is 2.66. The number of ketones is 1. The van der Waals surface area contributed by atoms with Crippen molar-refractivity contribution in [2.75, 3.05) is 11.9 Å². The van der Waals surface area contributed by atoms with E-state index in [-0.39, 0.29) is 17.9 Å². The van der Waals surface area contributed by atoms with Gasteiger partial charge in [0.1, 0.15) is 5.78 Å². The number of likely N-dealkylation sites (tertiary alicyclic amines) is 1. The quantitative estimate of drug-likeness (QED) is 0.921. The molecule has 21 heavy (non-hydrogen) atoms. The van der Waals surface area contributed by atoms with Crippen molar-refractivity contribution >= 4 is 17.5 Å². The summed E-state index contributed by atoms with van der Waals surface area (Å²) in [6, 6.07) is 7.72. The van der Waals surface area contributed by atoms with Crippen molar-refractivity contribution in [2.24, 2.45) is 0 Å². The lowest BCUT2D eigenvalue weighted by Crippen LogP contribution is -2.43. The molecular formula is C17H24N2O2. The molecule has 1 fully saturated rings. The Bertz CT molecular complexity index is 496. The van der Waals surface area contributed by atoms with Crippen LogP contribution in [0.5, 0.6) is 0 Å². The van der Waals surface area contributed by atoms with Crippen molar-refractivity contribution in [1.82, 2.24) is 4.90 Å². The van der Waals surface area contributed by atoms with Gasteiger partial charge in [-0.25, -0.2) is 4.79 Å². The Balaban J connectivity index is 2.06. The summed E-state index contributed by atoms with van der Waals surface area (Å²) in [5, 5.41) is 2.95. The van der Waals surface area contributed by atoms with Gasteiger partial charge in [0, 0.05) is 24.7 Å². The molecule has 2 rings (SSSR count). The minimum Gasteiger partial charge on any atom is -0.321 e. The molecule has 2 amide bonds. The van der Waals surface area contributed by atoms with Crippen LogP contribution in [0, 0.1) is 6.92 Å². The maximum Gasteiger partial charge on any atom is 0.322 e. The van der Waals surface area contributed by atoms with E-state index in [9.17, 15) is 9.59 Å². The minimum atomic E-state index is -0.0907. The van der Waals surface area contributed by atoms with Crippen molar-refractivity contribution < 1.29 is 9.59 Å². The summed E-state index contributed by atoms with van der Waals surface area (Å²) in [6.07, 6.45) is 4.60. The number of nitrogens with one attached hydrogen (secondary N) is 1. The first kappa shape index (κ1) is 15.5. The molecule has 1 saturated heterocycles.